The van der Waals surface area contributed by atoms with E-state index >= 15 is 0 Å². The van der Waals surface area contributed by atoms with Gasteiger partial charge in [-0.05, 0) is 0 Å². The van der Waals surface area contributed by atoms with Crippen molar-refractivity contribution < 1.29 is 24.9 Å². The van der Waals surface area contributed by atoms with Crippen molar-refractivity contribution in [2.45, 2.75) is 5.54 Å². The first-order chi connectivity index (χ1) is 9.58. The summed E-state index contributed by atoms with van der Waals surface area (Å²) in [6.45, 7) is -1.75. The van der Waals surface area contributed by atoms with E-state index in [9.17, 15) is 9.59 Å². The second kappa shape index (κ2) is 5.62. The molecule has 1 aliphatic carbocycles. The first-order valence-corrected chi connectivity index (χ1v) is 6.14. The second-order valence-electron chi connectivity index (χ2n) is 4.73. The van der Waals surface area contributed by atoms with E-state index in [-0.39, 0.29) is 11.6 Å². The van der Waals surface area contributed by atoms with Crippen molar-refractivity contribution in [1.82, 2.24) is 0 Å². The predicted octanol–water partition coefficient (Wildman–Crippen LogP) is -0.532. The highest BCUT2D eigenvalue weighted by Crippen LogP contribution is 2.26. The third kappa shape index (κ3) is 2.29. The molecule has 0 unspecified atom stereocenters. The van der Waals surface area contributed by atoms with E-state index in [4.69, 9.17) is 15.3 Å². The molecule has 6 heteroatoms. The smallest absolute Gasteiger partial charge is 0.179 e. The van der Waals surface area contributed by atoms with Crippen molar-refractivity contribution >= 4 is 17.8 Å². The highest BCUT2D eigenvalue weighted by molar-refractivity contribution is 6.33. The van der Waals surface area contributed by atoms with Crippen molar-refractivity contribution in [3.8, 4) is 0 Å². The molecule has 1 aromatic rings. The van der Waals surface area contributed by atoms with E-state index < -0.39 is 31.3 Å². The van der Waals surface area contributed by atoms with Crippen molar-refractivity contribution in [2.75, 3.05) is 19.8 Å². The Morgan fingerprint density at radius 1 is 1.00 bits per heavy atom. The van der Waals surface area contributed by atoms with E-state index in [2.05, 4.69) is 4.99 Å². The Morgan fingerprint density at radius 2 is 1.45 bits per heavy atom. The van der Waals surface area contributed by atoms with Gasteiger partial charge in [-0.1, -0.05) is 24.3 Å². The molecule has 1 aliphatic rings. The van der Waals surface area contributed by atoms with Gasteiger partial charge in [0.15, 0.2) is 11.6 Å². The van der Waals surface area contributed by atoms with Crippen molar-refractivity contribution in [3.05, 3.63) is 35.4 Å². The molecule has 0 spiro atoms. The van der Waals surface area contributed by atoms with Crippen LogP contribution in [0.25, 0.3) is 0 Å². The van der Waals surface area contributed by atoms with Crippen LogP contribution in [-0.4, -0.2) is 58.5 Å². The van der Waals surface area contributed by atoms with E-state index in [1.807, 2.05) is 0 Å². The van der Waals surface area contributed by atoms with Crippen LogP contribution in [-0.2, 0) is 0 Å². The molecule has 0 atom stereocenters. The summed E-state index contributed by atoms with van der Waals surface area (Å²) in [5.74, 6) is -1.79. The molecule has 0 bridgehead atoms. The summed E-state index contributed by atoms with van der Waals surface area (Å²) in [6.07, 6.45) is 1.10. The predicted molar refractivity (Wildman–Crippen MR) is 71.1 cm³/mol. The lowest BCUT2D eigenvalue weighted by Gasteiger charge is -2.22. The summed E-state index contributed by atoms with van der Waals surface area (Å²) in [7, 11) is 0. The van der Waals surface area contributed by atoms with Crippen LogP contribution in [0.15, 0.2) is 29.3 Å². The zero-order chi connectivity index (χ0) is 14.8. The number of carbonyl (C=O) groups excluding carboxylic acids is 2. The minimum atomic E-state index is -1.48. The molecular weight excluding hydrogens is 262 g/mol. The Morgan fingerprint density at radius 3 is 1.85 bits per heavy atom. The van der Waals surface area contributed by atoms with E-state index in [1.54, 1.807) is 24.3 Å². The fourth-order valence-corrected chi connectivity index (χ4v) is 2.01. The van der Waals surface area contributed by atoms with E-state index in [1.165, 1.54) is 0 Å². The number of carbonyl (C=O) groups is 2. The van der Waals surface area contributed by atoms with Crippen LogP contribution in [0.5, 0.6) is 0 Å². The van der Waals surface area contributed by atoms with Gasteiger partial charge in [0.1, 0.15) is 11.5 Å². The molecule has 20 heavy (non-hydrogen) atoms. The van der Waals surface area contributed by atoms with E-state index in [0.29, 0.717) is 11.1 Å². The third-order valence-corrected chi connectivity index (χ3v) is 3.40. The summed E-state index contributed by atoms with van der Waals surface area (Å²) in [4.78, 5) is 28.0. The van der Waals surface area contributed by atoms with Gasteiger partial charge in [0, 0.05) is 17.3 Å². The number of hydrogen-bond donors (Lipinski definition) is 3. The summed E-state index contributed by atoms with van der Waals surface area (Å²) in [6, 6.07) is 6.48. The van der Waals surface area contributed by atoms with Gasteiger partial charge < -0.3 is 15.3 Å². The lowest BCUT2D eigenvalue weighted by molar-refractivity contribution is 0.0708. The number of aliphatic hydroxyl groups is 3. The number of rotatable bonds is 5. The molecule has 0 aromatic heterocycles. The van der Waals surface area contributed by atoms with Gasteiger partial charge in [-0.3, -0.25) is 14.6 Å². The van der Waals surface area contributed by atoms with E-state index in [0.717, 1.165) is 6.21 Å². The first-order valence-electron chi connectivity index (χ1n) is 6.14. The van der Waals surface area contributed by atoms with Crippen LogP contribution < -0.4 is 0 Å². The van der Waals surface area contributed by atoms with Crippen LogP contribution in [0.1, 0.15) is 20.7 Å². The topological polar surface area (TPSA) is 107 Å². The summed E-state index contributed by atoms with van der Waals surface area (Å²) in [5, 5.41) is 27.5. The number of aliphatic imine (C=N–C) groups is 1. The zero-order valence-corrected chi connectivity index (χ0v) is 10.7. The van der Waals surface area contributed by atoms with Crippen LogP contribution >= 0.6 is 0 Å². The van der Waals surface area contributed by atoms with Gasteiger partial charge in [0.2, 0.25) is 0 Å². The number of nitrogens with zero attached hydrogens (tertiary/aromatic N) is 1. The monoisotopic (exact) mass is 277 g/mol. The summed E-state index contributed by atoms with van der Waals surface area (Å²) in [5.41, 5.74) is -0.789. The summed E-state index contributed by atoms with van der Waals surface area (Å²) < 4.78 is 0. The minimum Gasteiger partial charge on any atom is -0.394 e. The van der Waals surface area contributed by atoms with Gasteiger partial charge >= 0.3 is 0 Å². The average Bonchev–Trinajstić information content (AvgIpc) is 2.74. The SMILES string of the molecule is O=C1c2ccccc2C(=O)C1C=NC(CO)(CO)CO. The highest BCUT2D eigenvalue weighted by atomic mass is 16.3. The largest absolute Gasteiger partial charge is 0.394 e. The van der Waals surface area contributed by atoms with Crippen molar-refractivity contribution in [2.24, 2.45) is 10.9 Å². The molecule has 0 amide bonds. The average molecular weight is 277 g/mol. The molecule has 0 saturated heterocycles. The molecule has 0 saturated carbocycles. The van der Waals surface area contributed by atoms with Gasteiger partial charge in [0.05, 0.1) is 19.8 Å². The number of aliphatic hydroxyl groups excluding tert-OH is 3. The molecular formula is C14H15NO5. The van der Waals surface area contributed by atoms with Gasteiger partial charge in [-0.25, -0.2) is 0 Å². The fourth-order valence-electron chi connectivity index (χ4n) is 2.01. The van der Waals surface area contributed by atoms with Crippen LogP contribution in [0.2, 0.25) is 0 Å². The molecule has 1 aromatic carbocycles. The molecule has 0 fully saturated rings. The zero-order valence-electron chi connectivity index (χ0n) is 10.7. The number of ketones is 2. The van der Waals surface area contributed by atoms with Crippen molar-refractivity contribution in [1.29, 1.82) is 0 Å². The molecule has 3 N–H and O–H groups in total. The molecule has 6 nitrogen and oxygen atoms in total. The quantitative estimate of drug-likeness (QED) is 0.495. The summed E-state index contributed by atoms with van der Waals surface area (Å²) >= 11 is 0. The lowest BCUT2D eigenvalue weighted by atomic mass is 10.0. The Hall–Kier alpha value is -1.89. The second-order valence-corrected chi connectivity index (χ2v) is 4.73. The normalized spacial score (nSPS) is 16.1. The fraction of sp³-hybridized carbons (Fsp3) is 0.357. The molecule has 0 radical (unpaired) electrons. The maximum atomic E-state index is 12.1. The van der Waals surface area contributed by atoms with Gasteiger partial charge in [-0.15, -0.1) is 0 Å². The van der Waals surface area contributed by atoms with Gasteiger partial charge in [-0.2, -0.15) is 0 Å². The third-order valence-electron chi connectivity index (χ3n) is 3.40. The standard InChI is InChI=1S/C14H15NO5/c16-6-14(7-17,8-18)15-5-11-12(19)9-3-1-2-4-10(9)13(11)20/h1-5,11,16-18H,6-8H2. The minimum absolute atomic E-state index is 0.344. The maximum absolute atomic E-state index is 12.1. The molecule has 0 aliphatic heterocycles. The Kier molecular flexibility index (Phi) is 4.08. The molecule has 0 heterocycles. The molecule has 2 rings (SSSR count). The van der Waals surface area contributed by atoms with Crippen molar-refractivity contribution in [3.63, 3.8) is 0 Å². The Labute approximate surface area is 115 Å². The lowest BCUT2D eigenvalue weighted by Crippen LogP contribution is -2.40. The number of hydrogen-bond acceptors (Lipinski definition) is 6. The first kappa shape index (κ1) is 14.5. The Bertz CT molecular complexity index is 519. The highest BCUT2D eigenvalue weighted by Gasteiger charge is 2.38. The number of benzene rings is 1. The molecule has 106 valence electrons. The number of Topliss-reactive ketones (excluding diaryl/α,β-unsaturated/α-hetero) is 2. The van der Waals surface area contributed by atoms with Gasteiger partial charge in [0.25, 0.3) is 0 Å². The Balaban J connectivity index is 2.29. The number of fused-ring (bicyclic) bond motifs is 1. The van der Waals surface area contributed by atoms with Crippen LogP contribution in [0.3, 0.4) is 0 Å². The van der Waals surface area contributed by atoms with Crippen LogP contribution in [0, 0.1) is 5.92 Å². The van der Waals surface area contributed by atoms with Crippen LogP contribution in [0.4, 0.5) is 0 Å². The maximum Gasteiger partial charge on any atom is 0.179 e.